The van der Waals surface area contributed by atoms with E-state index in [1.807, 2.05) is 20.7 Å². The van der Waals surface area contributed by atoms with Crippen molar-refractivity contribution in [2.45, 2.75) is 51.4 Å². The van der Waals surface area contributed by atoms with Crippen LogP contribution in [0.3, 0.4) is 0 Å². The van der Waals surface area contributed by atoms with E-state index in [0.29, 0.717) is 6.04 Å². The Balaban J connectivity index is 1.31. The van der Waals surface area contributed by atoms with Gasteiger partial charge in [-0.25, -0.2) is 9.36 Å². The fourth-order valence-electron chi connectivity index (χ4n) is 3.83. The summed E-state index contributed by atoms with van der Waals surface area (Å²) in [6.45, 7) is 6.15. The molecular weight excluding hydrogens is 352 g/mol. The average Bonchev–Trinajstić information content (AvgIpc) is 3.28. The van der Waals surface area contributed by atoms with Crippen molar-refractivity contribution in [3.05, 3.63) is 27.2 Å². The van der Waals surface area contributed by atoms with E-state index in [1.165, 1.54) is 37.0 Å². The van der Waals surface area contributed by atoms with Crippen molar-refractivity contribution in [2.24, 2.45) is 0 Å². The van der Waals surface area contributed by atoms with Crippen LogP contribution in [0.2, 0.25) is 0 Å². The molecule has 0 atom stereocenters. The molecule has 0 aromatic carbocycles. The van der Waals surface area contributed by atoms with Crippen LogP contribution in [0, 0.1) is 4.77 Å². The number of thiophene rings is 1. The van der Waals surface area contributed by atoms with Gasteiger partial charge in [-0.2, -0.15) is 0 Å². The van der Waals surface area contributed by atoms with Crippen molar-refractivity contribution < 1.29 is 0 Å². The first-order valence-corrected chi connectivity index (χ1v) is 10.6. The zero-order chi connectivity index (χ0) is 17.1. The molecule has 1 saturated heterocycles. The topological polar surface area (TPSA) is 42.1 Å². The van der Waals surface area contributed by atoms with Crippen LogP contribution in [0.1, 0.15) is 43.0 Å². The molecule has 1 saturated carbocycles. The first-order chi connectivity index (χ1) is 12.3. The highest BCUT2D eigenvalue weighted by molar-refractivity contribution is 7.71. The molecule has 3 heterocycles. The van der Waals surface area contributed by atoms with Gasteiger partial charge in [0.05, 0.1) is 12.7 Å². The number of tetrazole rings is 1. The summed E-state index contributed by atoms with van der Waals surface area (Å²) in [5, 5.41) is 10.9. The highest BCUT2D eigenvalue weighted by Crippen LogP contribution is 2.27. The van der Waals surface area contributed by atoms with Crippen LogP contribution in [0.5, 0.6) is 0 Å². The largest absolute Gasteiger partial charge is 0.296 e. The summed E-state index contributed by atoms with van der Waals surface area (Å²) >= 11 is 7.48. The minimum Gasteiger partial charge on any atom is -0.296 e. The Bertz CT molecular complexity index is 708. The minimum absolute atomic E-state index is 0.456. The Labute approximate surface area is 158 Å². The van der Waals surface area contributed by atoms with E-state index in [4.69, 9.17) is 12.2 Å². The van der Waals surface area contributed by atoms with Gasteiger partial charge in [0.1, 0.15) is 0 Å². The molecular formula is C17H26N6S2. The summed E-state index contributed by atoms with van der Waals surface area (Å²) in [7, 11) is 0. The van der Waals surface area contributed by atoms with Gasteiger partial charge in [0.15, 0.2) is 0 Å². The number of piperazine rings is 1. The molecule has 0 spiro atoms. The van der Waals surface area contributed by atoms with E-state index in [2.05, 4.69) is 37.7 Å². The Hall–Kier alpha value is -1.09. The van der Waals surface area contributed by atoms with Crippen LogP contribution >= 0.6 is 23.6 Å². The normalized spacial score (nSPS) is 21.0. The van der Waals surface area contributed by atoms with E-state index < -0.39 is 0 Å². The van der Waals surface area contributed by atoms with Crippen LogP contribution in [-0.4, -0.2) is 55.8 Å². The summed E-state index contributed by atoms with van der Waals surface area (Å²) in [5.41, 5.74) is 0. The lowest BCUT2D eigenvalue weighted by Crippen LogP contribution is -2.46. The van der Waals surface area contributed by atoms with Gasteiger partial charge in [-0.05, 0) is 46.9 Å². The number of rotatable bonds is 5. The van der Waals surface area contributed by atoms with Crippen molar-refractivity contribution in [3.8, 4) is 0 Å². The fourth-order valence-corrected chi connectivity index (χ4v) is 4.86. The van der Waals surface area contributed by atoms with Crippen molar-refractivity contribution in [3.63, 3.8) is 0 Å². The van der Waals surface area contributed by atoms with Gasteiger partial charge in [-0.15, -0.1) is 11.3 Å². The molecule has 0 amide bonds. The van der Waals surface area contributed by atoms with E-state index in [1.54, 1.807) is 0 Å². The van der Waals surface area contributed by atoms with Crippen LogP contribution in [0.4, 0.5) is 0 Å². The molecule has 4 rings (SSSR count). The summed E-state index contributed by atoms with van der Waals surface area (Å²) in [6.07, 6.45) is 6.29. The molecule has 1 aliphatic carbocycles. The van der Waals surface area contributed by atoms with Gasteiger partial charge in [0, 0.05) is 37.6 Å². The highest BCUT2D eigenvalue weighted by Gasteiger charge is 2.21. The lowest BCUT2D eigenvalue weighted by atomic mass is 9.96. The smallest absolute Gasteiger partial charge is 0.217 e. The molecule has 0 N–H and O–H groups in total. The lowest BCUT2D eigenvalue weighted by Gasteiger charge is -2.34. The summed E-state index contributed by atoms with van der Waals surface area (Å²) in [5.74, 6) is 0. The monoisotopic (exact) mass is 378 g/mol. The second-order valence-electron chi connectivity index (χ2n) is 7.11. The van der Waals surface area contributed by atoms with E-state index in [0.717, 1.165) is 44.2 Å². The maximum Gasteiger partial charge on any atom is 0.217 e. The Kier molecular flexibility index (Phi) is 5.60. The van der Waals surface area contributed by atoms with Crippen molar-refractivity contribution in [1.82, 2.24) is 29.6 Å². The van der Waals surface area contributed by atoms with Crippen molar-refractivity contribution in [1.29, 1.82) is 0 Å². The maximum atomic E-state index is 5.64. The van der Waals surface area contributed by atoms with Gasteiger partial charge in [0.2, 0.25) is 4.77 Å². The van der Waals surface area contributed by atoms with Crippen LogP contribution < -0.4 is 0 Å². The summed E-state index contributed by atoms with van der Waals surface area (Å²) < 4.78 is 4.67. The molecule has 25 heavy (non-hydrogen) atoms. The first kappa shape index (κ1) is 17.3. The van der Waals surface area contributed by atoms with Gasteiger partial charge >= 0.3 is 0 Å². The van der Waals surface area contributed by atoms with Gasteiger partial charge in [-0.1, -0.05) is 25.3 Å². The molecule has 0 bridgehead atoms. The average molecular weight is 379 g/mol. The standard InChI is InChI=1S/C17H26N6S2/c24-17-22(18-19-23(17)15-5-2-1-3-6-15)14-21-10-8-20(9-11-21)13-16-7-4-12-25-16/h4,7,12,15H,1-3,5-6,8-11,13-14H2. The van der Waals surface area contributed by atoms with Gasteiger partial charge in [-0.3, -0.25) is 9.80 Å². The Morgan fingerprint density at radius 3 is 2.52 bits per heavy atom. The predicted molar refractivity (Wildman–Crippen MR) is 102 cm³/mol. The zero-order valence-electron chi connectivity index (χ0n) is 14.6. The molecule has 0 radical (unpaired) electrons. The third-order valence-electron chi connectivity index (χ3n) is 5.34. The van der Waals surface area contributed by atoms with E-state index in [9.17, 15) is 0 Å². The minimum atomic E-state index is 0.456. The molecule has 2 aliphatic rings. The quantitative estimate of drug-likeness (QED) is 0.748. The third kappa shape index (κ3) is 4.19. The SMILES string of the molecule is S=c1n(CN2CCN(Cc3cccs3)CC2)nnn1C1CCCCC1. The number of hydrogen-bond acceptors (Lipinski definition) is 6. The van der Waals surface area contributed by atoms with Crippen molar-refractivity contribution >= 4 is 23.6 Å². The van der Waals surface area contributed by atoms with E-state index >= 15 is 0 Å². The van der Waals surface area contributed by atoms with Crippen molar-refractivity contribution in [2.75, 3.05) is 26.2 Å². The molecule has 8 heteroatoms. The van der Waals surface area contributed by atoms with Crippen LogP contribution in [0.15, 0.2) is 17.5 Å². The molecule has 6 nitrogen and oxygen atoms in total. The molecule has 0 unspecified atom stereocenters. The lowest BCUT2D eigenvalue weighted by molar-refractivity contribution is 0.0981. The van der Waals surface area contributed by atoms with Crippen LogP contribution in [-0.2, 0) is 13.2 Å². The predicted octanol–water partition coefficient (Wildman–Crippen LogP) is 3.15. The maximum absolute atomic E-state index is 5.64. The van der Waals surface area contributed by atoms with Gasteiger partial charge < -0.3 is 0 Å². The molecule has 1 aliphatic heterocycles. The molecule has 136 valence electrons. The van der Waals surface area contributed by atoms with E-state index in [-0.39, 0.29) is 0 Å². The Morgan fingerprint density at radius 1 is 1.04 bits per heavy atom. The second kappa shape index (κ2) is 8.07. The number of aromatic nitrogens is 4. The zero-order valence-corrected chi connectivity index (χ0v) is 16.2. The molecule has 2 aromatic rings. The first-order valence-electron chi connectivity index (χ1n) is 9.29. The molecule has 2 fully saturated rings. The molecule has 2 aromatic heterocycles. The second-order valence-corrected chi connectivity index (χ2v) is 8.51. The fraction of sp³-hybridized carbons (Fsp3) is 0.706. The van der Waals surface area contributed by atoms with Crippen LogP contribution in [0.25, 0.3) is 0 Å². The highest BCUT2D eigenvalue weighted by atomic mass is 32.1. The summed E-state index contributed by atoms with van der Waals surface area (Å²) in [6, 6.07) is 4.81. The Morgan fingerprint density at radius 2 is 1.80 bits per heavy atom. The van der Waals surface area contributed by atoms with Gasteiger partial charge in [0.25, 0.3) is 0 Å². The summed E-state index contributed by atoms with van der Waals surface area (Å²) in [4.78, 5) is 6.41. The third-order valence-corrected chi connectivity index (χ3v) is 6.60. The number of hydrogen-bond donors (Lipinski definition) is 0. The number of nitrogens with zero attached hydrogens (tertiary/aromatic N) is 6.